The first-order valence-electron chi connectivity index (χ1n) is 8.16. The van der Waals surface area contributed by atoms with Crippen molar-refractivity contribution in [2.24, 2.45) is 5.73 Å². The second-order valence-electron chi connectivity index (χ2n) is 7.09. The molecule has 0 radical (unpaired) electrons. The largest absolute Gasteiger partial charge is 0.380 e. The number of amides is 1. The zero-order valence-corrected chi connectivity index (χ0v) is 15.1. The van der Waals surface area contributed by atoms with E-state index in [1.54, 1.807) is 31.4 Å². The van der Waals surface area contributed by atoms with Crippen LogP contribution in [0.1, 0.15) is 43.5 Å². The Morgan fingerprint density at radius 1 is 1.20 bits per heavy atom. The molecule has 0 fully saturated rings. The van der Waals surface area contributed by atoms with Gasteiger partial charge in [-0.3, -0.25) is 4.79 Å². The summed E-state index contributed by atoms with van der Waals surface area (Å²) in [5.74, 6) is -0.731. The van der Waals surface area contributed by atoms with Gasteiger partial charge in [-0.05, 0) is 34.2 Å². The molecule has 0 aromatic heterocycles. The number of anilines is 1. The molecular weight excluding hydrogens is 319 g/mol. The van der Waals surface area contributed by atoms with Gasteiger partial charge in [0, 0.05) is 12.8 Å². The van der Waals surface area contributed by atoms with Crippen molar-refractivity contribution in [2.45, 2.75) is 38.8 Å². The number of hydrogen-bond acceptors (Lipinski definition) is 3. The average Bonchev–Trinajstić information content (AvgIpc) is 2.54. The van der Waals surface area contributed by atoms with Crippen LogP contribution in [0.5, 0.6) is 0 Å². The molecule has 0 unspecified atom stereocenters. The summed E-state index contributed by atoms with van der Waals surface area (Å²) in [4.78, 5) is 12.3. The van der Waals surface area contributed by atoms with E-state index in [-0.39, 0.29) is 17.1 Å². The van der Waals surface area contributed by atoms with Gasteiger partial charge in [0.1, 0.15) is 11.9 Å². The molecule has 3 N–H and O–H groups in total. The lowest BCUT2D eigenvalue weighted by atomic mass is 9.86. The van der Waals surface area contributed by atoms with Crippen molar-refractivity contribution in [1.29, 1.82) is 0 Å². The summed E-state index contributed by atoms with van der Waals surface area (Å²) in [7, 11) is 1.62. The van der Waals surface area contributed by atoms with Gasteiger partial charge in [-0.1, -0.05) is 51.1 Å². The van der Waals surface area contributed by atoms with Crippen LogP contribution in [-0.4, -0.2) is 13.0 Å². The number of ether oxygens (including phenoxy) is 1. The van der Waals surface area contributed by atoms with E-state index < -0.39 is 6.04 Å². The van der Waals surface area contributed by atoms with Crippen LogP contribution < -0.4 is 11.1 Å². The molecule has 0 aliphatic carbocycles. The Labute approximate surface area is 148 Å². The standard InChI is InChI=1S/C20H25FN2O2/c1-20(2,3)16-10-9-15(11-17(16)21)23-19(24)18(22)14-7-5-13(6-8-14)12-25-4/h5-11,18H,12,22H2,1-4H3,(H,23,24)/t18-/m1/s1. The molecule has 0 spiro atoms. The lowest BCUT2D eigenvalue weighted by Gasteiger charge is -2.20. The van der Waals surface area contributed by atoms with E-state index in [4.69, 9.17) is 10.5 Å². The van der Waals surface area contributed by atoms with Crippen molar-refractivity contribution >= 4 is 11.6 Å². The highest BCUT2D eigenvalue weighted by molar-refractivity contribution is 5.95. The minimum Gasteiger partial charge on any atom is -0.380 e. The zero-order chi connectivity index (χ0) is 18.6. The molecule has 0 bridgehead atoms. The van der Waals surface area contributed by atoms with Crippen LogP contribution in [0.4, 0.5) is 10.1 Å². The minimum atomic E-state index is -0.832. The molecule has 0 saturated heterocycles. The van der Waals surface area contributed by atoms with Crippen LogP contribution in [-0.2, 0) is 21.6 Å². The van der Waals surface area contributed by atoms with Crippen LogP contribution in [0, 0.1) is 5.82 Å². The van der Waals surface area contributed by atoms with Crippen LogP contribution >= 0.6 is 0 Å². The van der Waals surface area contributed by atoms with Gasteiger partial charge in [0.15, 0.2) is 0 Å². The molecule has 0 aliphatic heterocycles. The number of benzene rings is 2. The average molecular weight is 344 g/mol. The molecular formula is C20H25FN2O2. The van der Waals surface area contributed by atoms with Crippen molar-refractivity contribution in [3.63, 3.8) is 0 Å². The van der Waals surface area contributed by atoms with E-state index in [1.165, 1.54) is 6.07 Å². The van der Waals surface area contributed by atoms with Gasteiger partial charge in [-0.2, -0.15) is 0 Å². The summed E-state index contributed by atoms with van der Waals surface area (Å²) in [5, 5.41) is 2.67. The molecule has 2 aromatic rings. The summed E-state index contributed by atoms with van der Waals surface area (Å²) in [6, 6.07) is 11.2. The normalized spacial score (nSPS) is 12.7. The van der Waals surface area contributed by atoms with Gasteiger partial charge in [-0.25, -0.2) is 4.39 Å². The number of carbonyl (C=O) groups is 1. The minimum absolute atomic E-state index is 0.299. The predicted octanol–water partition coefficient (Wildman–Crippen LogP) is 3.91. The fraction of sp³-hybridized carbons (Fsp3) is 0.350. The maximum absolute atomic E-state index is 14.2. The van der Waals surface area contributed by atoms with E-state index in [0.29, 0.717) is 23.4 Å². The number of nitrogens with one attached hydrogen (secondary N) is 1. The highest BCUT2D eigenvalue weighted by Gasteiger charge is 2.20. The van der Waals surface area contributed by atoms with Gasteiger partial charge >= 0.3 is 0 Å². The highest BCUT2D eigenvalue weighted by Crippen LogP contribution is 2.27. The lowest BCUT2D eigenvalue weighted by molar-refractivity contribution is -0.117. The van der Waals surface area contributed by atoms with E-state index in [2.05, 4.69) is 5.32 Å². The molecule has 0 heterocycles. The first-order chi connectivity index (χ1) is 11.7. The van der Waals surface area contributed by atoms with Gasteiger partial charge in [0.25, 0.3) is 0 Å². The Kier molecular flexibility index (Phi) is 5.93. The second kappa shape index (κ2) is 7.76. The molecule has 2 rings (SSSR count). The Hall–Kier alpha value is -2.24. The van der Waals surface area contributed by atoms with E-state index in [0.717, 1.165) is 5.56 Å². The second-order valence-corrected chi connectivity index (χ2v) is 7.09. The molecule has 134 valence electrons. The highest BCUT2D eigenvalue weighted by atomic mass is 19.1. The van der Waals surface area contributed by atoms with Crippen molar-refractivity contribution in [2.75, 3.05) is 12.4 Å². The van der Waals surface area contributed by atoms with Gasteiger partial charge in [0.2, 0.25) is 5.91 Å². The molecule has 5 heteroatoms. The third kappa shape index (κ3) is 4.87. The number of halogens is 1. The third-order valence-corrected chi connectivity index (χ3v) is 3.98. The molecule has 2 aromatic carbocycles. The Bertz CT molecular complexity index is 736. The first-order valence-corrected chi connectivity index (χ1v) is 8.16. The van der Waals surface area contributed by atoms with Crippen LogP contribution in [0.15, 0.2) is 42.5 Å². The van der Waals surface area contributed by atoms with Gasteiger partial charge in [0.05, 0.1) is 6.61 Å². The maximum atomic E-state index is 14.2. The van der Waals surface area contributed by atoms with Crippen molar-refractivity contribution in [1.82, 2.24) is 0 Å². The summed E-state index contributed by atoms with van der Waals surface area (Å²) in [6.07, 6.45) is 0. The summed E-state index contributed by atoms with van der Waals surface area (Å²) >= 11 is 0. The topological polar surface area (TPSA) is 64.3 Å². The van der Waals surface area contributed by atoms with Crippen LogP contribution in [0.2, 0.25) is 0 Å². The molecule has 25 heavy (non-hydrogen) atoms. The summed E-state index contributed by atoms with van der Waals surface area (Å²) in [5.41, 5.74) is 8.39. The van der Waals surface area contributed by atoms with Crippen LogP contribution in [0.3, 0.4) is 0 Å². The fourth-order valence-electron chi connectivity index (χ4n) is 2.56. The monoisotopic (exact) mass is 344 g/mol. The maximum Gasteiger partial charge on any atom is 0.245 e. The Balaban J connectivity index is 2.09. The molecule has 1 atom stereocenters. The number of hydrogen-bond donors (Lipinski definition) is 2. The number of methoxy groups -OCH3 is 1. The van der Waals surface area contributed by atoms with Crippen LogP contribution in [0.25, 0.3) is 0 Å². The molecule has 4 nitrogen and oxygen atoms in total. The van der Waals surface area contributed by atoms with Gasteiger partial charge in [-0.15, -0.1) is 0 Å². The zero-order valence-electron chi connectivity index (χ0n) is 15.1. The Morgan fingerprint density at radius 2 is 1.84 bits per heavy atom. The SMILES string of the molecule is COCc1ccc([C@@H](N)C(=O)Nc2ccc(C(C)(C)C)c(F)c2)cc1. The lowest BCUT2D eigenvalue weighted by Crippen LogP contribution is -2.27. The summed E-state index contributed by atoms with van der Waals surface area (Å²) in [6.45, 7) is 6.31. The first kappa shape index (κ1) is 19.1. The quantitative estimate of drug-likeness (QED) is 0.864. The third-order valence-electron chi connectivity index (χ3n) is 3.98. The van der Waals surface area contributed by atoms with E-state index in [1.807, 2.05) is 32.9 Å². The number of rotatable bonds is 5. The molecule has 1 amide bonds. The van der Waals surface area contributed by atoms with Gasteiger partial charge < -0.3 is 15.8 Å². The smallest absolute Gasteiger partial charge is 0.245 e. The van der Waals surface area contributed by atoms with Crippen molar-refractivity contribution in [3.05, 3.63) is 65.0 Å². The summed E-state index contributed by atoms with van der Waals surface area (Å²) < 4.78 is 19.3. The Morgan fingerprint density at radius 3 is 2.36 bits per heavy atom. The predicted molar refractivity (Wildman–Crippen MR) is 97.8 cm³/mol. The fourth-order valence-corrected chi connectivity index (χ4v) is 2.56. The number of carbonyl (C=O) groups excluding carboxylic acids is 1. The van der Waals surface area contributed by atoms with E-state index >= 15 is 0 Å². The van der Waals surface area contributed by atoms with Crippen molar-refractivity contribution < 1.29 is 13.9 Å². The molecule has 0 saturated carbocycles. The molecule has 0 aliphatic rings. The number of nitrogens with two attached hydrogens (primary N) is 1. The van der Waals surface area contributed by atoms with Crippen molar-refractivity contribution in [3.8, 4) is 0 Å². The van der Waals surface area contributed by atoms with E-state index in [9.17, 15) is 9.18 Å².